The Hall–Kier alpha value is -2.85. The van der Waals surface area contributed by atoms with Crippen molar-refractivity contribution in [1.82, 2.24) is 4.57 Å². The Morgan fingerprint density at radius 3 is 2.65 bits per heavy atom. The van der Waals surface area contributed by atoms with E-state index in [4.69, 9.17) is 16.3 Å². The lowest BCUT2D eigenvalue weighted by Crippen LogP contribution is -2.16. The molecule has 0 aliphatic carbocycles. The van der Waals surface area contributed by atoms with E-state index in [2.05, 4.69) is 6.58 Å². The normalized spacial score (nSPS) is 10.7. The van der Waals surface area contributed by atoms with Crippen LogP contribution < -0.4 is 4.74 Å². The number of ether oxygens (including phenoxy) is 1. The van der Waals surface area contributed by atoms with Crippen LogP contribution in [0.1, 0.15) is 21.6 Å². The number of benzene rings is 2. The van der Waals surface area contributed by atoms with Gasteiger partial charge in [0.2, 0.25) is 0 Å². The molecule has 0 N–H and O–H groups in total. The molecule has 5 heteroatoms. The van der Waals surface area contributed by atoms with E-state index in [0.717, 1.165) is 22.9 Å². The Morgan fingerprint density at radius 2 is 2.00 bits per heavy atom. The highest BCUT2D eigenvalue weighted by Crippen LogP contribution is 2.32. The van der Waals surface area contributed by atoms with Gasteiger partial charge in [-0.15, -0.1) is 6.58 Å². The highest BCUT2D eigenvalue weighted by atomic mass is 35.5. The number of halogens is 1. The molecule has 0 aliphatic heterocycles. The minimum atomic E-state index is -0.236. The highest BCUT2D eigenvalue weighted by Gasteiger charge is 2.23. The fourth-order valence-corrected chi connectivity index (χ4v) is 3.38. The van der Waals surface area contributed by atoms with Gasteiger partial charge in [-0.05, 0) is 35.9 Å². The third-order valence-corrected chi connectivity index (χ3v) is 4.65. The van der Waals surface area contributed by atoms with E-state index >= 15 is 0 Å². The Bertz CT molecular complexity index is 1000. The molecule has 0 aliphatic rings. The highest BCUT2D eigenvalue weighted by molar-refractivity contribution is 6.34. The number of nitrogens with zero attached hydrogens (tertiary/aromatic N) is 1. The molecule has 2 aromatic carbocycles. The summed E-state index contributed by atoms with van der Waals surface area (Å²) in [5.41, 5.74) is 2.66. The van der Waals surface area contributed by atoms with Crippen LogP contribution in [0, 0.1) is 0 Å². The standard InChI is InChI=1S/C21H18ClNO3/c1-3-6-19-15(11-12-24)17-13-14(26-2)9-10-20(17)23(19)21(25)16-7-4-5-8-18(16)22/h3-5,7-10,12-13H,1,6,11H2,2H3. The zero-order chi connectivity index (χ0) is 18.7. The van der Waals surface area contributed by atoms with E-state index in [1.807, 2.05) is 12.1 Å². The summed E-state index contributed by atoms with van der Waals surface area (Å²) < 4.78 is 6.93. The van der Waals surface area contributed by atoms with Gasteiger partial charge < -0.3 is 9.53 Å². The number of allylic oxidation sites excluding steroid dienone is 1. The van der Waals surface area contributed by atoms with Crippen LogP contribution in [0.25, 0.3) is 10.9 Å². The number of hydrogen-bond donors (Lipinski definition) is 0. The van der Waals surface area contributed by atoms with Crippen LogP contribution in [0.5, 0.6) is 5.75 Å². The molecule has 0 radical (unpaired) electrons. The van der Waals surface area contributed by atoms with E-state index in [9.17, 15) is 9.59 Å². The van der Waals surface area contributed by atoms with E-state index in [1.54, 1.807) is 48.1 Å². The van der Waals surface area contributed by atoms with Gasteiger partial charge in [0.25, 0.3) is 5.91 Å². The fraction of sp³-hybridized carbons (Fsp3) is 0.143. The van der Waals surface area contributed by atoms with Crippen LogP contribution in [0.3, 0.4) is 0 Å². The molecule has 0 amide bonds. The quantitative estimate of drug-likeness (QED) is 0.477. The van der Waals surface area contributed by atoms with Gasteiger partial charge in [0.1, 0.15) is 12.0 Å². The first-order valence-electron chi connectivity index (χ1n) is 8.16. The van der Waals surface area contributed by atoms with Crippen molar-refractivity contribution in [2.24, 2.45) is 0 Å². The molecule has 26 heavy (non-hydrogen) atoms. The largest absolute Gasteiger partial charge is 0.497 e. The van der Waals surface area contributed by atoms with Crippen LogP contribution in [-0.4, -0.2) is 23.9 Å². The van der Waals surface area contributed by atoms with Crippen molar-refractivity contribution in [3.8, 4) is 5.75 Å². The first-order valence-corrected chi connectivity index (χ1v) is 8.54. The molecule has 1 aromatic heterocycles. The summed E-state index contributed by atoms with van der Waals surface area (Å²) in [5, 5.41) is 1.20. The molecule has 3 aromatic rings. The van der Waals surface area contributed by atoms with Gasteiger partial charge in [-0.1, -0.05) is 29.8 Å². The van der Waals surface area contributed by atoms with Crippen molar-refractivity contribution in [3.63, 3.8) is 0 Å². The summed E-state index contributed by atoms with van der Waals surface area (Å²) in [5.74, 6) is 0.428. The Morgan fingerprint density at radius 1 is 1.23 bits per heavy atom. The molecule has 4 nitrogen and oxygen atoms in total. The Kier molecular flexibility index (Phi) is 5.24. The van der Waals surface area contributed by atoms with Crippen LogP contribution in [0.15, 0.2) is 55.1 Å². The first kappa shape index (κ1) is 18.0. The van der Waals surface area contributed by atoms with Crippen LogP contribution in [-0.2, 0) is 17.6 Å². The molecule has 0 fully saturated rings. The van der Waals surface area contributed by atoms with Gasteiger partial charge in [0.05, 0.1) is 23.2 Å². The molecular formula is C21H18ClNO3. The Labute approximate surface area is 156 Å². The predicted octanol–water partition coefficient (Wildman–Crippen LogP) is 4.46. The molecule has 3 rings (SSSR count). The van der Waals surface area contributed by atoms with Crippen molar-refractivity contribution in [1.29, 1.82) is 0 Å². The second kappa shape index (κ2) is 7.58. The van der Waals surface area contributed by atoms with Gasteiger partial charge in [0.15, 0.2) is 0 Å². The topological polar surface area (TPSA) is 48.3 Å². The van der Waals surface area contributed by atoms with E-state index in [-0.39, 0.29) is 12.3 Å². The average Bonchev–Trinajstić information content (AvgIpc) is 2.95. The summed E-state index contributed by atoms with van der Waals surface area (Å²) in [6.07, 6.45) is 3.22. The van der Waals surface area contributed by atoms with Gasteiger partial charge >= 0.3 is 0 Å². The van der Waals surface area contributed by atoms with Gasteiger partial charge in [-0.3, -0.25) is 9.36 Å². The van der Waals surface area contributed by atoms with E-state index < -0.39 is 0 Å². The Balaban J connectivity index is 2.34. The lowest BCUT2D eigenvalue weighted by atomic mass is 10.1. The predicted molar refractivity (Wildman–Crippen MR) is 103 cm³/mol. The van der Waals surface area contributed by atoms with Gasteiger partial charge in [0, 0.05) is 23.9 Å². The second-order valence-corrected chi connectivity index (χ2v) is 6.20. The molecular weight excluding hydrogens is 350 g/mol. The van der Waals surface area contributed by atoms with Crippen molar-refractivity contribution in [2.45, 2.75) is 12.8 Å². The first-order chi connectivity index (χ1) is 12.6. The number of carbonyl (C=O) groups is 2. The molecule has 132 valence electrons. The molecule has 0 bridgehead atoms. The SMILES string of the molecule is C=CCc1c(CC=O)c2cc(OC)ccc2n1C(=O)c1ccccc1Cl. The van der Waals surface area contributed by atoms with E-state index in [1.165, 1.54) is 0 Å². The van der Waals surface area contributed by atoms with Crippen molar-refractivity contribution >= 4 is 34.7 Å². The minimum absolute atomic E-state index is 0.204. The number of aldehydes is 1. The fourth-order valence-electron chi connectivity index (χ4n) is 3.16. The van der Waals surface area contributed by atoms with Gasteiger partial charge in [-0.2, -0.15) is 0 Å². The molecule has 0 spiro atoms. The summed E-state index contributed by atoms with van der Waals surface area (Å²) in [7, 11) is 1.58. The number of aromatic nitrogens is 1. The summed E-state index contributed by atoms with van der Waals surface area (Å²) in [6, 6.07) is 12.4. The van der Waals surface area contributed by atoms with E-state index in [0.29, 0.717) is 28.3 Å². The number of methoxy groups -OCH3 is 1. The molecule has 0 atom stereocenters. The maximum absolute atomic E-state index is 13.3. The second-order valence-electron chi connectivity index (χ2n) is 5.79. The number of fused-ring (bicyclic) bond motifs is 1. The maximum Gasteiger partial charge on any atom is 0.264 e. The minimum Gasteiger partial charge on any atom is -0.497 e. The van der Waals surface area contributed by atoms with Crippen LogP contribution >= 0.6 is 11.6 Å². The molecule has 0 unspecified atom stereocenters. The molecule has 1 heterocycles. The number of carbonyl (C=O) groups excluding carboxylic acids is 2. The average molecular weight is 368 g/mol. The zero-order valence-electron chi connectivity index (χ0n) is 14.4. The van der Waals surface area contributed by atoms with Crippen molar-refractivity contribution in [2.75, 3.05) is 7.11 Å². The maximum atomic E-state index is 13.3. The molecule has 0 saturated heterocycles. The molecule has 0 saturated carbocycles. The lowest BCUT2D eigenvalue weighted by molar-refractivity contribution is -0.107. The third kappa shape index (κ3) is 3.04. The number of rotatable bonds is 6. The zero-order valence-corrected chi connectivity index (χ0v) is 15.1. The number of hydrogen-bond acceptors (Lipinski definition) is 3. The van der Waals surface area contributed by atoms with Crippen molar-refractivity contribution < 1.29 is 14.3 Å². The third-order valence-electron chi connectivity index (χ3n) is 4.32. The summed E-state index contributed by atoms with van der Waals surface area (Å²) in [6.45, 7) is 3.79. The summed E-state index contributed by atoms with van der Waals surface area (Å²) >= 11 is 6.23. The van der Waals surface area contributed by atoms with Crippen molar-refractivity contribution in [3.05, 3.63) is 77.0 Å². The lowest BCUT2D eigenvalue weighted by Gasteiger charge is -2.10. The smallest absolute Gasteiger partial charge is 0.264 e. The van der Waals surface area contributed by atoms with Crippen LogP contribution in [0.4, 0.5) is 0 Å². The summed E-state index contributed by atoms with van der Waals surface area (Å²) in [4.78, 5) is 24.5. The monoisotopic (exact) mass is 367 g/mol. The van der Waals surface area contributed by atoms with Gasteiger partial charge in [-0.25, -0.2) is 0 Å². The van der Waals surface area contributed by atoms with Crippen LogP contribution in [0.2, 0.25) is 5.02 Å².